The van der Waals surface area contributed by atoms with Crippen LogP contribution in [0.15, 0.2) is 71.8 Å². The van der Waals surface area contributed by atoms with E-state index in [2.05, 4.69) is 125 Å². The van der Waals surface area contributed by atoms with Crippen molar-refractivity contribution >= 4 is 14.9 Å². The van der Waals surface area contributed by atoms with Gasteiger partial charge in [0, 0.05) is 5.41 Å². The van der Waals surface area contributed by atoms with Crippen molar-refractivity contribution in [3.05, 3.63) is 129 Å². The van der Waals surface area contributed by atoms with E-state index in [-0.39, 0.29) is 41.5 Å². The van der Waals surface area contributed by atoms with Gasteiger partial charge in [0.2, 0.25) is 0 Å². The Morgan fingerprint density at radius 3 is 1.96 bits per heavy atom. The van der Waals surface area contributed by atoms with Crippen molar-refractivity contribution in [2.45, 2.75) is 99.8 Å². The smallest absolute Gasteiger partial charge is 1.00 e. The SMILES string of the molecule is CC1=[C-]C(C)(C)c2cc3c(cc21)-c1cc2c(cc1C3)C(C)(C)C=C2C.CCC1=[C-]C(C)C=C1C(C)(C)C.Fc1ccc([CH]=[Zr+2])cc1.[Cl-].[Cl-]. The minimum atomic E-state index is -0.170. The maximum atomic E-state index is 12.2. The Labute approximate surface area is 317 Å². The van der Waals surface area contributed by atoms with E-state index in [1.165, 1.54) is 103 Å². The first-order valence-corrected chi connectivity index (χ1v) is 18.1. The minimum absolute atomic E-state index is 0. The summed E-state index contributed by atoms with van der Waals surface area (Å²) in [6, 6.07) is 16.3. The number of allylic oxidation sites excluding steroid dienone is 8. The number of benzene rings is 3. The number of halogens is 3. The summed E-state index contributed by atoms with van der Waals surface area (Å²) in [5.41, 5.74) is 18.9. The van der Waals surface area contributed by atoms with Gasteiger partial charge in [0.05, 0.1) is 0 Å². The van der Waals surface area contributed by atoms with Gasteiger partial charge in [-0.25, -0.2) is 11.1 Å². The molecule has 48 heavy (non-hydrogen) atoms. The van der Waals surface area contributed by atoms with Gasteiger partial charge in [0.15, 0.2) is 0 Å². The van der Waals surface area contributed by atoms with E-state index in [1.54, 1.807) is 12.1 Å². The molecule has 0 aliphatic heterocycles. The van der Waals surface area contributed by atoms with Gasteiger partial charge < -0.3 is 24.8 Å². The molecule has 4 heteroatoms. The molecule has 1 unspecified atom stereocenters. The number of hydrogen-bond acceptors (Lipinski definition) is 0. The van der Waals surface area contributed by atoms with Gasteiger partial charge in [-0.05, 0) is 58.4 Å². The Bertz CT molecular complexity index is 1740. The Balaban J connectivity index is 0.000000228. The summed E-state index contributed by atoms with van der Waals surface area (Å²) in [5, 5.41) is 0. The molecule has 0 radical (unpaired) electrons. The number of fused-ring (bicyclic) bond motifs is 5. The summed E-state index contributed by atoms with van der Waals surface area (Å²) in [4.78, 5) is 0. The Hall–Kier alpha value is -2.12. The largest absolute Gasteiger partial charge is 1.00 e. The third kappa shape index (κ3) is 8.09. The third-order valence-corrected chi connectivity index (χ3v) is 10.6. The van der Waals surface area contributed by atoms with Crippen LogP contribution in [-0.2, 0) is 41.5 Å². The van der Waals surface area contributed by atoms with Crippen molar-refractivity contribution in [1.29, 1.82) is 0 Å². The van der Waals surface area contributed by atoms with Crippen LogP contribution in [-0.4, -0.2) is 3.71 Å². The topological polar surface area (TPSA) is 0 Å². The van der Waals surface area contributed by atoms with Crippen molar-refractivity contribution in [2.75, 3.05) is 0 Å². The van der Waals surface area contributed by atoms with Crippen molar-refractivity contribution < 1.29 is 53.4 Å². The second-order valence-electron chi connectivity index (χ2n) is 15.5. The van der Waals surface area contributed by atoms with Crippen LogP contribution in [0.1, 0.15) is 122 Å². The standard InChI is InChI=1S/C25H25.C12H19.C7H5F.2ClH.Zr/c1-14-12-24(3,4)22-8-16-7-17-9-23-19(15(2)13-25(23,5)6)11-21(17)20(16)10-18(14)22;1-6-10-7-9(2)8-11(10)12(3,4)5;1-6-2-4-7(8)5-3-6;;;/h8-12H,7H2,1-6H3;8-9H,6H2,1-5H3;1-5H;2*1H;/q2*-1;;;;+2/p-2. The van der Waals surface area contributed by atoms with Gasteiger partial charge >= 0.3 is 68.0 Å². The normalized spacial score (nSPS) is 18.4. The summed E-state index contributed by atoms with van der Waals surface area (Å²) in [5.74, 6) is 0.352. The van der Waals surface area contributed by atoms with Crippen LogP contribution in [0.3, 0.4) is 0 Å². The molecule has 3 aromatic carbocycles. The van der Waals surface area contributed by atoms with E-state index >= 15 is 0 Å². The fourth-order valence-electron chi connectivity index (χ4n) is 7.57. The van der Waals surface area contributed by atoms with Crippen LogP contribution in [0.5, 0.6) is 0 Å². The zero-order chi connectivity index (χ0) is 33.8. The van der Waals surface area contributed by atoms with Crippen LogP contribution in [0.2, 0.25) is 0 Å². The summed E-state index contributed by atoms with van der Waals surface area (Å²) < 4.78 is 14.2. The molecule has 0 spiro atoms. The van der Waals surface area contributed by atoms with Crippen LogP contribution in [0.4, 0.5) is 4.39 Å². The molecule has 3 aromatic rings. The molecule has 0 saturated carbocycles. The van der Waals surface area contributed by atoms with Gasteiger partial charge in [-0.3, -0.25) is 12.2 Å². The van der Waals surface area contributed by atoms with Crippen molar-refractivity contribution in [3.8, 4) is 11.1 Å². The van der Waals surface area contributed by atoms with Crippen LogP contribution in [0, 0.1) is 29.3 Å². The van der Waals surface area contributed by atoms with Crippen molar-refractivity contribution in [1.82, 2.24) is 0 Å². The zero-order valence-electron chi connectivity index (χ0n) is 30.5. The molecule has 252 valence electrons. The van der Waals surface area contributed by atoms with Gasteiger partial charge in [-0.2, -0.15) is 17.2 Å². The van der Waals surface area contributed by atoms with Gasteiger partial charge in [-0.15, -0.1) is 11.6 Å². The Morgan fingerprint density at radius 1 is 0.875 bits per heavy atom. The predicted octanol–water partition coefficient (Wildman–Crippen LogP) is 5.73. The summed E-state index contributed by atoms with van der Waals surface area (Å²) in [6.07, 6.45) is 14.1. The Kier molecular flexibility index (Phi) is 12.6. The maximum Gasteiger partial charge on any atom is -1.00 e. The summed E-state index contributed by atoms with van der Waals surface area (Å²) in [6.45, 7) is 24.9. The van der Waals surface area contributed by atoms with Crippen LogP contribution >= 0.6 is 0 Å². The molecule has 0 aromatic heterocycles. The molecule has 0 amide bonds. The van der Waals surface area contributed by atoms with Gasteiger partial charge in [0.1, 0.15) is 0 Å². The summed E-state index contributed by atoms with van der Waals surface area (Å²) in [7, 11) is 0. The maximum absolute atomic E-state index is 12.2. The van der Waals surface area contributed by atoms with Gasteiger partial charge in [0.25, 0.3) is 0 Å². The fourth-order valence-corrected chi connectivity index (χ4v) is 8.05. The molecule has 0 nitrogen and oxygen atoms in total. The minimum Gasteiger partial charge on any atom is -1.00 e. The van der Waals surface area contributed by atoms with Gasteiger partial charge in [-0.1, -0.05) is 111 Å². The van der Waals surface area contributed by atoms with E-state index in [0.29, 0.717) is 11.3 Å². The second kappa shape index (κ2) is 15.0. The average Bonchev–Trinajstić information content (AvgIpc) is 3.67. The molecule has 0 N–H and O–H groups in total. The first kappa shape index (κ1) is 40.3. The predicted molar refractivity (Wildman–Crippen MR) is 192 cm³/mol. The first-order valence-electron chi connectivity index (χ1n) is 16.7. The summed E-state index contributed by atoms with van der Waals surface area (Å²) >= 11 is 1.34. The second-order valence-corrected chi connectivity index (χ2v) is 16.2. The van der Waals surface area contributed by atoms with E-state index in [0.717, 1.165) is 18.4 Å². The molecular weight excluding hydrogens is 710 g/mol. The molecule has 0 heterocycles. The van der Waals surface area contributed by atoms with E-state index < -0.39 is 0 Å². The van der Waals surface area contributed by atoms with E-state index in [9.17, 15) is 4.39 Å². The quantitative estimate of drug-likeness (QED) is 0.230. The molecule has 4 aliphatic carbocycles. The van der Waals surface area contributed by atoms with E-state index in [1.807, 2.05) is 3.71 Å². The molecular formula is C44H49Cl2FZr-2. The molecule has 0 bridgehead atoms. The molecule has 0 fully saturated rings. The fraction of sp³-hybridized carbons (Fsp3) is 0.386. The number of hydrogen-bond donors (Lipinski definition) is 0. The zero-order valence-corrected chi connectivity index (χ0v) is 34.4. The van der Waals surface area contributed by atoms with Crippen LogP contribution < -0.4 is 24.8 Å². The van der Waals surface area contributed by atoms with Crippen molar-refractivity contribution in [3.63, 3.8) is 0 Å². The number of rotatable bonds is 2. The van der Waals surface area contributed by atoms with Crippen molar-refractivity contribution in [2.24, 2.45) is 11.3 Å². The third-order valence-electron chi connectivity index (χ3n) is 9.77. The average molecular weight is 759 g/mol. The molecule has 1 atom stereocenters. The van der Waals surface area contributed by atoms with Crippen LogP contribution in [0.25, 0.3) is 22.3 Å². The Morgan fingerprint density at radius 2 is 1.44 bits per heavy atom. The molecule has 0 saturated heterocycles. The molecule has 7 rings (SSSR count). The van der Waals surface area contributed by atoms with E-state index in [4.69, 9.17) is 0 Å². The molecule has 4 aliphatic rings. The monoisotopic (exact) mass is 756 g/mol. The first-order chi connectivity index (χ1) is 21.4.